The Morgan fingerprint density at radius 3 is 2.68 bits per heavy atom. The SMILES string of the molecule is Cc1cccc(F)c1NCc1cnc(Cl)cc1NC1CCN(C(=O)OC(C)(C)C)CC1. The summed E-state index contributed by atoms with van der Waals surface area (Å²) in [5.74, 6) is -0.286. The number of nitrogens with one attached hydrogen (secondary N) is 2. The van der Waals surface area contributed by atoms with Crippen molar-refractivity contribution in [2.45, 2.75) is 58.7 Å². The number of hydrogen-bond donors (Lipinski definition) is 2. The van der Waals surface area contributed by atoms with Gasteiger partial charge in [0.15, 0.2) is 0 Å². The molecule has 2 aromatic rings. The number of nitrogens with zero attached hydrogens (tertiary/aromatic N) is 2. The zero-order valence-electron chi connectivity index (χ0n) is 18.5. The molecule has 2 heterocycles. The van der Waals surface area contributed by atoms with Crippen molar-refractivity contribution < 1.29 is 13.9 Å². The molecule has 1 aromatic carbocycles. The zero-order valence-corrected chi connectivity index (χ0v) is 19.2. The second-order valence-electron chi connectivity index (χ2n) is 8.84. The third-order valence-electron chi connectivity index (χ3n) is 5.14. The average Bonchev–Trinajstić information content (AvgIpc) is 2.68. The predicted octanol–water partition coefficient (Wildman–Crippen LogP) is 5.61. The summed E-state index contributed by atoms with van der Waals surface area (Å²) in [6.07, 6.45) is 3.00. The van der Waals surface area contributed by atoms with Crippen LogP contribution in [0.4, 0.5) is 20.6 Å². The van der Waals surface area contributed by atoms with Crippen molar-refractivity contribution >= 4 is 29.1 Å². The quantitative estimate of drug-likeness (QED) is 0.582. The fourth-order valence-corrected chi connectivity index (χ4v) is 3.68. The number of aromatic nitrogens is 1. The van der Waals surface area contributed by atoms with Crippen LogP contribution in [-0.4, -0.2) is 40.7 Å². The fourth-order valence-electron chi connectivity index (χ4n) is 3.53. The largest absolute Gasteiger partial charge is 0.444 e. The number of carbonyl (C=O) groups is 1. The standard InChI is InChI=1S/C23H30ClFN4O2/c1-15-6-5-7-18(25)21(15)27-14-16-13-26-20(24)12-19(16)28-17-8-10-29(11-9-17)22(30)31-23(2,3)4/h5-7,12-13,17,27H,8-11,14H2,1-4H3,(H,26,28). The number of likely N-dealkylation sites (tertiary alicyclic amines) is 1. The van der Waals surface area contributed by atoms with Crippen LogP contribution < -0.4 is 10.6 Å². The van der Waals surface area contributed by atoms with E-state index >= 15 is 0 Å². The number of benzene rings is 1. The van der Waals surface area contributed by atoms with Gasteiger partial charge in [-0.15, -0.1) is 0 Å². The maximum Gasteiger partial charge on any atom is 0.410 e. The van der Waals surface area contributed by atoms with Crippen LogP contribution in [0.25, 0.3) is 0 Å². The van der Waals surface area contributed by atoms with Crippen LogP contribution in [0.5, 0.6) is 0 Å². The van der Waals surface area contributed by atoms with Crippen LogP contribution >= 0.6 is 11.6 Å². The molecule has 0 unspecified atom stereocenters. The van der Waals surface area contributed by atoms with Gasteiger partial charge in [0, 0.05) is 43.1 Å². The van der Waals surface area contributed by atoms with E-state index in [1.165, 1.54) is 6.07 Å². The summed E-state index contributed by atoms with van der Waals surface area (Å²) in [7, 11) is 0. The number of piperidine rings is 1. The molecular formula is C23H30ClFN4O2. The van der Waals surface area contributed by atoms with Crippen LogP contribution in [0, 0.1) is 12.7 Å². The highest BCUT2D eigenvalue weighted by Crippen LogP contribution is 2.26. The van der Waals surface area contributed by atoms with E-state index in [9.17, 15) is 9.18 Å². The highest BCUT2D eigenvalue weighted by Gasteiger charge is 2.27. The van der Waals surface area contributed by atoms with Gasteiger partial charge in [-0.2, -0.15) is 0 Å². The maximum atomic E-state index is 14.1. The topological polar surface area (TPSA) is 66.5 Å². The van der Waals surface area contributed by atoms with Gasteiger partial charge >= 0.3 is 6.09 Å². The van der Waals surface area contributed by atoms with E-state index in [0.29, 0.717) is 30.5 Å². The second kappa shape index (κ2) is 9.73. The van der Waals surface area contributed by atoms with Crippen molar-refractivity contribution in [3.8, 4) is 0 Å². The van der Waals surface area contributed by atoms with Crippen molar-refractivity contribution in [2.75, 3.05) is 23.7 Å². The van der Waals surface area contributed by atoms with Crippen molar-refractivity contribution in [1.82, 2.24) is 9.88 Å². The van der Waals surface area contributed by atoms with Gasteiger partial charge in [-0.3, -0.25) is 0 Å². The molecule has 3 rings (SSSR count). The first kappa shape index (κ1) is 23.1. The minimum Gasteiger partial charge on any atom is -0.444 e. The van der Waals surface area contributed by atoms with Gasteiger partial charge in [-0.05, 0) is 58.2 Å². The van der Waals surface area contributed by atoms with E-state index in [0.717, 1.165) is 29.7 Å². The number of pyridine rings is 1. The van der Waals surface area contributed by atoms with Crippen molar-refractivity contribution in [3.63, 3.8) is 0 Å². The fraction of sp³-hybridized carbons (Fsp3) is 0.478. The number of aryl methyl sites for hydroxylation is 1. The Kier molecular flexibility index (Phi) is 7.26. The van der Waals surface area contributed by atoms with Gasteiger partial charge in [0.25, 0.3) is 0 Å². The van der Waals surface area contributed by atoms with E-state index in [4.69, 9.17) is 16.3 Å². The molecule has 0 aliphatic carbocycles. The summed E-state index contributed by atoms with van der Waals surface area (Å²) in [6.45, 7) is 9.11. The molecule has 1 amide bonds. The summed E-state index contributed by atoms with van der Waals surface area (Å²) in [6, 6.07) is 6.96. The average molecular weight is 449 g/mol. The smallest absolute Gasteiger partial charge is 0.410 e. The van der Waals surface area contributed by atoms with E-state index in [2.05, 4.69) is 15.6 Å². The molecule has 0 spiro atoms. The lowest BCUT2D eigenvalue weighted by molar-refractivity contribution is 0.0210. The molecule has 1 saturated heterocycles. The number of rotatable bonds is 5. The molecule has 8 heteroatoms. The Labute approximate surface area is 188 Å². The third-order valence-corrected chi connectivity index (χ3v) is 5.34. The normalized spacial score (nSPS) is 15.0. The summed E-state index contributed by atoms with van der Waals surface area (Å²) in [5, 5.41) is 7.09. The zero-order chi connectivity index (χ0) is 22.6. The molecule has 6 nitrogen and oxygen atoms in total. The predicted molar refractivity (Wildman–Crippen MR) is 122 cm³/mol. The van der Waals surface area contributed by atoms with Crippen LogP contribution in [0.1, 0.15) is 44.7 Å². The molecule has 1 aliphatic heterocycles. The molecule has 0 saturated carbocycles. The van der Waals surface area contributed by atoms with Gasteiger partial charge in [0.1, 0.15) is 16.6 Å². The van der Waals surface area contributed by atoms with Crippen LogP contribution in [0.15, 0.2) is 30.5 Å². The lowest BCUT2D eigenvalue weighted by Gasteiger charge is -2.34. The third kappa shape index (κ3) is 6.47. The minimum atomic E-state index is -0.502. The molecule has 0 atom stereocenters. The Morgan fingerprint density at radius 2 is 2.03 bits per heavy atom. The van der Waals surface area contributed by atoms with E-state index in [-0.39, 0.29) is 18.0 Å². The highest BCUT2D eigenvalue weighted by molar-refractivity contribution is 6.29. The summed E-state index contributed by atoms with van der Waals surface area (Å²) < 4.78 is 19.6. The molecule has 31 heavy (non-hydrogen) atoms. The molecular weight excluding hydrogens is 419 g/mol. The first-order valence-corrected chi connectivity index (χ1v) is 10.9. The Balaban J connectivity index is 1.62. The monoisotopic (exact) mass is 448 g/mol. The Bertz CT molecular complexity index is 904. The van der Waals surface area contributed by atoms with Crippen molar-refractivity contribution in [3.05, 3.63) is 52.6 Å². The van der Waals surface area contributed by atoms with Gasteiger partial charge in [-0.1, -0.05) is 23.7 Å². The number of anilines is 2. The van der Waals surface area contributed by atoms with Gasteiger partial charge in [-0.25, -0.2) is 14.2 Å². The Morgan fingerprint density at radius 1 is 1.32 bits per heavy atom. The first-order valence-electron chi connectivity index (χ1n) is 10.5. The maximum absolute atomic E-state index is 14.1. The van der Waals surface area contributed by atoms with Crippen LogP contribution in [0.2, 0.25) is 5.15 Å². The molecule has 0 radical (unpaired) electrons. The van der Waals surface area contributed by atoms with E-state index in [1.54, 1.807) is 23.2 Å². The molecule has 1 fully saturated rings. The van der Waals surface area contributed by atoms with Gasteiger partial charge < -0.3 is 20.3 Å². The van der Waals surface area contributed by atoms with E-state index < -0.39 is 5.60 Å². The number of amides is 1. The molecule has 168 valence electrons. The molecule has 1 aliphatic rings. The highest BCUT2D eigenvalue weighted by atomic mass is 35.5. The molecule has 2 N–H and O–H groups in total. The number of halogens is 2. The van der Waals surface area contributed by atoms with Gasteiger partial charge in [0.05, 0.1) is 5.69 Å². The minimum absolute atomic E-state index is 0.186. The second-order valence-corrected chi connectivity index (χ2v) is 9.22. The molecule has 0 bridgehead atoms. The number of carbonyl (C=O) groups excluding carboxylic acids is 1. The summed E-state index contributed by atoms with van der Waals surface area (Å²) in [5.41, 5.74) is 2.57. The van der Waals surface area contributed by atoms with Crippen molar-refractivity contribution in [1.29, 1.82) is 0 Å². The number of para-hydroxylation sites is 1. The number of ether oxygens (including phenoxy) is 1. The summed E-state index contributed by atoms with van der Waals surface area (Å²) in [4.78, 5) is 18.2. The lowest BCUT2D eigenvalue weighted by Crippen LogP contribution is -2.44. The number of hydrogen-bond acceptors (Lipinski definition) is 5. The lowest BCUT2D eigenvalue weighted by atomic mass is 10.0. The molecule has 1 aromatic heterocycles. The Hall–Kier alpha value is -2.54. The van der Waals surface area contributed by atoms with Crippen LogP contribution in [-0.2, 0) is 11.3 Å². The van der Waals surface area contributed by atoms with E-state index in [1.807, 2.05) is 33.8 Å². The van der Waals surface area contributed by atoms with Gasteiger partial charge in [0.2, 0.25) is 0 Å². The van der Waals surface area contributed by atoms with Crippen LogP contribution in [0.3, 0.4) is 0 Å². The summed E-state index contributed by atoms with van der Waals surface area (Å²) >= 11 is 6.13. The first-order chi connectivity index (χ1) is 14.6. The van der Waals surface area contributed by atoms with Crippen molar-refractivity contribution in [2.24, 2.45) is 0 Å².